The lowest BCUT2D eigenvalue weighted by Crippen LogP contribution is -2.40. The molecule has 0 aliphatic carbocycles. The van der Waals surface area contributed by atoms with E-state index in [9.17, 15) is 19.5 Å². The van der Waals surface area contributed by atoms with Crippen LogP contribution in [0, 0.1) is 0 Å². The second-order valence-corrected chi connectivity index (χ2v) is 21.0. The summed E-state index contributed by atoms with van der Waals surface area (Å²) in [4.78, 5) is 37.4. The number of carbonyl (C=O) groups is 3. The van der Waals surface area contributed by atoms with Crippen molar-refractivity contribution >= 4 is 17.9 Å². The SMILES string of the molecule is CCCCCCC/C=C\C/C=C\CCCCCCCCCCCCCCCCCC(=O)OC(COC(=O)CCCCCCCCCCCCCCCCCC)COC(OCC[N+](C)(C)C)C(=O)O. The van der Waals surface area contributed by atoms with Crippen molar-refractivity contribution in [3.8, 4) is 0 Å². The molecule has 0 aliphatic heterocycles. The number of carboxylic acid groups (broad SMARTS) is 1. The largest absolute Gasteiger partial charge is 0.477 e. The number of aliphatic carboxylic acids is 1. The van der Waals surface area contributed by atoms with Crippen LogP contribution in [0.5, 0.6) is 0 Å². The Balaban J connectivity index is 4.17. The van der Waals surface area contributed by atoms with Crippen molar-refractivity contribution < 1.29 is 42.9 Å². The Labute approximate surface area is 420 Å². The van der Waals surface area contributed by atoms with Gasteiger partial charge in [0.05, 0.1) is 34.4 Å². The Hall–Kier alpha value is -2.23. The van der Waals surface area contributed by atoms with Crippen molar-refractivity contribution in [2.24, 2.45) is 0 Å². The van der Waals surface area contributed by atoms with E-state index >= 15 is 0 Å². The number of esters is 2. The molecular formula is C59H112NO8+. The average molecular weight is 964 g/mol. The normalized spacial score (nSPS) is 12.9. The van der Waals surface area contributed by atoms with E-state index in [0.29, 0.717) is 17.4 Å². The van der Waals surface area contributed by atoms with Gasteiger partial charge >= 0.3 is 17.9 Å². The highest BCUT2D eigenvalue weighted by atomic mass is 16.7. The van der Waals surface area contributed by atoms with Crippen molar-refractivity contribution in [3.63, 3.8) is 0 Å². The highest BCUT2D eigenvalue weighted by Crippen LogP contribution is 2.17. The van der Waals surface area contributed by atoms with Crippen LogP contribution in [-0.4, -0.2) is 87.4 Å². The molecule has 0 heterocycles. The Bertz CT molecular complexity index is 1170. The van der Waals surface area contributed by atoms with Crippen LogP contribution in [-0.2, 0) is 33.3 Å². The maximum atomic E-state index is 12.9. The molecule has 0 rings (SSSR count). The summed E-state index contributed by atoms with van der Waals surface area (Å²) in [6.45, 7) is 4.91. The number of carboxylic acids is 1. The quantitative estimate of drug-likeness (QED) is 0.0211. The number of nitrogens with zero attached hydrogens (tertiary/aromatic N) is 1. The zero-order chi connectivity index (χ0) is 49.9. The zero-order valence-corrected chi connectivity index (χ0v) is 45.5. The van der Waals surface area contributed by atoms with E-state index in [-0.39, 0.29) is 38.2 Å². The van der Waals surface area contributed by atoms with E-state index in [1.54, 1.807) is 0 Å². The summed E-state index contributed by atoms with van der Waals surface area (Å²) in [5.74, 6) is -1.98. The lowest BCUT2D eigenvalue weighted by Gasteiger charge is -2.25. The highest BCUT2D eigenvalue weighted by molar-refractivity contribution is 5.71. The van der Waals surface area contributed by atoms with Crippen LogP contribution >= 0.6 is 0 Å². The second-order valence-electron chi connectivity index (χ2n) is 21.0. The van der Waals surface area contributed by atoms with Crippen LogP contribution in [0.2, 0.25) is 0 Å². The molecule has 0 spiro atoms. The lowest BCUT2D eigenvalue weighted by atomic mass is 10.0. The molecule has 0 bridgehead atoms. The molecule has 0 fully saturated rings. The van der Waals surface area contributed by atoms with E-state index in [4.69, 9.17) is 18.9 Å². The van der Waals surface area contributed by atoms with Gasteiger partial charge < -0.3 is 28.5 Å². The zero-order valence-electron chi connectivity index (χ0n) is 45.5. The fourth-order valence-corrected chi connectivity index (χ4v) is 8.46. The number of carbonyl (C=O) groups excluding carboxylic acids is 2. The van der Waals surface area contributed by atoms with Crippen LogP contribution in [0.25, 0.3) is 0 Å². The van der Waals surface area contributed by atoms with E-state index in [2.05, 4.69) is 38.2 Å². The van der Waals surface area contributed by atoms with Gasteiger partial charge in [-0.1, -0.05) is 244 Å². The molecule has 2 atom stereocenters. The summed E-state index contributed by atoms with van der Waals surface area (Å²) in [6, 6.07) is 0. The number of hydrogen-bond donors (Lipinski definition) is 1. The van der Waals surface area contributed by atoms with Crippen LogP contribution in [0.1, 0.15) is 277 Å². The number of ether oxygens (including phenoxy) is 4. The smallest absolute Gasteiger partial charge is 0.361 e. The Morgan fingerprint density at radius 3 is 1.16 bits per heavy atom. The lowest BCUT2D eigenvalue weighted by molar-refractivity contribution is -0.870. The number of allylic oxidation sites excluding steroid dienone is 4. The molecule has 0 aromatic heterocycles. The first-order valence-electron chi connectivity index (χ1n) is 29.0. The second kappa shape index (κ2) is 51.1. The molecular weight excluding hydrogens is 851 g/mol. The third-order valence-electron chi connectivity index (χ3n) is 13.0. The van der Waals surface area contributed by atoms with E-state index < -0.39 is 18.4 Å². The van der Waals surface area contributed by atoms with Gasteiger partial charge in [0.25, 0.3) is 6.29 Å². The third-order valence-corrected chi connectivity index (χ3v) is 13.0. The van der Waals surface area contributed by atoms with Crippen molar-refractivity contribution in [1.82, 2.24) is 0 Å². The molecule has 0 aromatic carbocycles. The van der Waals surface area contributed by atoms with E-state index in [1.807, 2.05) is 21.1 Å². The van der Waals surface area contributed by atoms with Crippen molar-refractivity contribution in [1.29, 1.82) is 0 Å². The van der Waals surface area contributed by atoms with Crippen molar-refractivity contribution in [2.45, 2.75) is 289 Å². The molecule has 2 unspecified atom stereocenters. The van der Waals surface area contributed by atoms with Gasteiger partial charge in [-0.15, -0.1) is 0 Å². The number of likely N-dealkylation sites (N-methyl/N-ethyl adjacent to an activating group) is 1. The minimum Gasteiger partial charge on any atom is -0.477 e. The summed E-state index contributed by atoms with van der Waals surface area (Å²) in [7, 11) is 5.98. The molecule has 0 saturated carbocycles. The predicted molar refractivity (Wildman–Crippen MR) is 286 cm³/mol. The molecule has 400 valence electrons. The van der Waals surface area contributed by atoms with Crippen molar-refractivity contribution in [3.05, 3.63) is 24.3 Å². The van der Waals surface area contributed by atoms with Gasteiger partial charge in [0.15, 0.2) is 6.10 Å². The van der Waals surface area contributed by atoms with Gasteiger partial charge in [-0.2, -0.15) is 0 Å². The summed E-state index contributed by atoms with van der Waals surface area (Å²) < 4.78 is 22.9. The summed E-state index contributed by atoms with van der Waals surface area (Å²) in [5, 5.41) is 9.69. The monoisotopic (exact) mass is 963 g/mol. The van der Waals surface area contributed by atoms with Gasteiger partial charge in [-0.25, -0.2) is 4.79 Å². The van der Waals surface area contributed by atoms with E-state index in [0.717, 1.165) is 44.9 Å². The molecule has 0 radical (unpaired) electrons. The Morgan fingerprint density at radius 2 is 0.794 bits per heavy atom. The van der Waals surface area contributed by atoms with Crippen LogP contribution in [0.15, 0.2) is 24.3 Å². The molecule has 68 heavy (non-hydrogen) atoms. The number of quaternary nitrogens is 1. The van der Waals surface area contributed by atoms with Gasteiger partial charge in [0.1, 0.15) is 13.2 Å². The number of rotatable bonds is 54. The third kappa shape index (κ3) is 51.6. The summed E-state index contributed by atoms with van der Waals surface area (Å²) in [5.41, 5.74) is 0. The topological polar surface area (TPSA) is 108 Å². The molecule has 0 aliphatic rings. The Morgan fingerprint density at radius 1 is 0.441 bits per heavy atom. The van der Waals surface area contributed by atoms with Crippen LogP contribution in [0.4, 0.5) is 0 Å². The van der Waals surface area contributed by atoms with Gasteiger partial charge in [0, 0.05) is 12.8 Å². The Kier molecular flexibility index (Phi) is 49.5. The van der Waals surface area contributed by atoms with Crippen LogP contribution < -0.4 is 0 Å². The molecule has 0 saturated heterocycles. The van der Waals surface area contributed by atoms with Gasteiger partial charge in [0.2, 0.25) is 0 Å². The molecule has 1 N–H and O–H groups in total. The fraction of sp³-hybridized carbons (Fsp3) is 0.881. The standard InChI is InChI=1S/C59H111NO8/c1-6-8-10-12-14-16-18-20-22-24-25-26-27-28-29-30-31-32-33-34-36-38-40-42-44-46-48-50-57(62)68-55(54-67-59(58(63)64)65-52-51-60(3,4)5)53-66-56(61)49-47-45-43-41-39-37-35-23-21-19-17-15-13-11-9-7-2/h18,20,24-25,55,59H,6-17,19,21-23,26-54H2,1-5H3/p+1/b20-18-,25-24-. The van der Waals surface area contributed by atoms with Crippen LogP contribution in [0.3, 0.4) is 0 Å². The summed E-state index contributed by atoms with van der Waals surface area (Å²) in [6.07, 6.45) is 56.8. The first kappa shape index (κ1) is 65.8. The van der Waals surface area contributed by atoms with Gasteiger partial charge in [-0.05, 0) is 44.9 Å². The maximum Gasteiger partial charge on any atom is 0.361 e. The minimum absolute atomic E-state index is 0.176. The molecule has 0 aromatic rings. The molecule has 9 nitrogen and oxygen atoms in total. The molecule has 9 heteroatoms. The maximum absolute atomic E-state index is 12.9. The first-order valence-corrected chi connectivity index (χ1v) is 29.0. The van der Waals surface area contributed by atoms with Gasteiger partial charge in [-0.3, -0.25) is 9.59 Å². The minimum atomic E-state index is -1.51. The van der Waals surface area contributed by atoms with E-state index in [1.165, 1.54) is 205 Å². The fourth-order valence-electron chi connectivity index (χ4n) is 8.46. The average Bonchev–Trinajstić information content (AvgIpc) is 3.30. The van der Waals surface area contributed by atoms with Crippen molar-refractivity contribution in [2.75, 3.05) is 47.5 Å². The summed E-state index contributed by atoms with van der Waals surface area (Å²) >= 11 is 0. The highest BCUT2D eigenvalue weighted by Gasteiger charge is 2.25. The number of hydrogen-bond acceptors (Lipinski definition) is 7. The number of unbranched alkanes of at least 4 members (excludes halogenated alkanes) is 35. The molecule has 0 amide bonds. The first-order chi connectivity index (χ1) is 33.1. The predicted octanol–water partition coefficient (Wildman–Crippen LogP) is 16.7.